The fraction of sp³-hybridized carbons (Fsp3) is 0.588. The van der Waals surface area contributed by atoms with E-state index in [4.69, 9.17) is 16.3 Å². The monoisotopic (exact) mass is 390 g/mol. The maximum Gasteiger partial charge on any atom is 0.243 e. The van der Waals surface area contributed by atoms with Crippen molar-refractivity contribution in [2.24, 2.45) is 0 Å². The largest absolute Gasteiger partial charge is 0.379 e. The average molecular weight is 391 g/mol. The number of amides is 1. The van der Waals surface area contributed by atoms with E-state index in [1.807, 2.05) is 13.8 Å². The first-order valence-electron chi connectivity index (χ1n) is 8.19. The number of benzene rings is 1. The maximum absolute atomic E-state index is 12.4. The van der Waals surface area contributed by atoms with Crippen LogP contribution in [-0.2, 0) is 19.6 Å². The molecule has 1 N–H and O–H groups in total. The number of hydrogen-bond acceptors (Lipinski definition) is 4. The Balaban J connectivity index is 2.86. The van der Waals surface area contributed by atoms with Crippen LogP contribution in [0, 0.1) is 6.92 Å². The van der Waals surface area contributed by atoms with E-state index in [1.54, 1.807) is 32.0 Å². The summed E-state index contributed by atoms with van der Waals surface area (Å²) in [5, 5.41) is 3.16. The van der Waals surface area contributed by atoms with Gasteiger partial charge >= 0.3 is 0 Å². The summed E-state index contributed by atoms with van der Waals surface area (Å²) in [5.74, 6) is -0.366. The highest BCUT2D eigenvalue weighted by molar-refractivity contribution is 7.92. The SMILES string of the molecule is Cc1ccc(Cl)cc1N([C@@H](C)C(=O)NCCCOC(C)C)S(C)(=O)=O. The molecule has 25 heavy (non-hydrogen) atoms. The van der Waals surface area contributed by atoms with Crippen LogP contribution in [0.1, 0.15) is 32.8 Å². The van der Waals surface area contributed by atoms with E-state index in [9.17, 15) is 13.2 Å². The van der Waals surface area contributed by atoms with E-state index in [-0.39, 0.29) is 12.0 Å². The minimum Gasteiger partial charge on any atom is -0.379 e. The van der Waals surface area contributed by atoms with Gasteiger partial charge in [0.2, 0.25) is 15.9 Å². The Morgan fingerprint density at radius 2 is 1.96 bits per heavy atom. The third-order valence-electron chi connectivity index (χ3n) is 3.57. The molecule has 0 heterocycles. The second kappa shape index (κ2) is 9.40. The van der Waals surface area contributed by atoms with Gasteiger partial charge in [-0.1, -0.05) is 17.7 Å². The summed E-state index contributed by atoms with van der Waals surface area (Å²) in [5.41, 5.74) is 1.13. The molecule has 1 aromatic carbocycles. The predicted molar refractivity (Wildman–Crippen MR) is 102 cm³/mol. The topological polar surface area (TPSA) is 75.7 Å². The molecule has 1 rings (SSSR count). The van der Waals surface area contributed by atoms with Crippen LogP contribution < -0.4 is 9.62 Å². The third kappa shape index (κ3) is 6.84. The molecule has 1 atom stereocenters. The van der Waals surface area contributed by atoms with Gasteiger partial charge in [0.15, 0.2) is 0 Å². The summed E-state index contributed by atoms with van der Waals surface area (Å²) in [6.45, 7) is 8.17. The number of nitrogens with zero attached hydrogens (tertiary/aromatic N) is 1. The van der Waals surface area contributed by atoms with Gasteiger partial charge in [0.1, 0.15) is 6.04 Å². The Bertz CT molecular complexity index is 692. The predicted octanol–water partition coefficient (Wildman–Crippen LogP) is 2.73. The van der Waals surface area contributed by atoms with Crippen molar-refractivity contribution in [1.82, 2.24) is 5.32 Å². The lowest BCUT2D eigenvalue weighted by atomic mass is 10.2. The Morgan fingerprint density at radius 1 is 1.32 bits per heavy atom. The van der Waals surface area contributed by atoms with Gasteiger partial charge in [0.25, 0.3) is 0 Å². The molecule has 0 bridgehead atoms. The number of anilines is 1. The lowest BCUT2D eigenvalue weighted by molar-refractivity contribution is -0.121. The molecule has 0 saturated carbocycles. The van der Waals surface area contributed by atoms with Crippen molar-refractivity contribution < 1.29 is 17.9 Å². The smallest absolute Gasteiger partial charge is 0.243 e. The second-order valence-corrected chi connectivity index (χ2v) is 8.53. The van der Waals surface area contributed by atoms with Crippen LogP contribution in [0.5, 0.6) is 0 Å². The molecule has 0 spiro atoms. The summed E-state index contributed by atoms with van der Waals surface area (Å²) in [4.78, 5) is 12.4. The van der Waals surface area contributed by atoms with Crippen LogP contribution in [-0.4, -0.2) is 45.9 Å². The summed E-state index contributed by atoms with van der Waals surface area (Å²) in [7, 11) is -3.66. The van der Waals surface area contributed by atoms with Crippen molar-refractivity contribution in [2.45, 2.75) is 46.3 Å². The number of hydrogen-bond donors (Lipinski definition) is 1. The van der Waals surface area contributed by atoms with Crippen molar-refractivity contribution in [3.63, 3.8) is 0 Å². The van der Waals surface area contributed by atoms with Crippen LogP contribution in [0.4, 0.5) is 5.69 Å². The van der Waals surface area contributed by atoms with Crippen LogP contribution >= 0.6 is 11.6 Å². The number of nitrogens with one attached hydrogen (secondary N) is 1. The fourth-order valence-electron chi connectivity index (χ4n) is 2.35. The van der Waals surface area contributed by atoms with E-state index in [0.29, 0.717) is 30.3 Å². The molecule has 8 heteroatoms. The molecule has 0 aromatic heterocycles. The first-order chi connectivity index (χ1) is 11.5. The molecule has 0 radical (unpaired) electrons. The van der Waals surface area contributed by atoms with Gasteiger partial charge in [0.05, 0.1) is 18.0 Å². The van der Waals surface area contributed by atoms with Crippen LogP contribution in [0.2, 0.25) is 5.02 Å². The zero-order chi connectivity index (χ0) is 19.2. The summed E-state index contributed by atoms with van der Waals surface area (Å²) in [6, 6.07) is 4.07. The van der Waals surface area contributed by atoms with Crippen molar-refractivity contribution in [1.29, 1.82) is 0 Å². The highest BCUT2D eigenvalue weighted by Crippen LogP contribution is 2.28. The Morgan fingerprint density at radius 3 is 2.52 bits per heavy atom. The Hall–Kier alpha value is -1.31. The zero-order valence-electron chi connectivity index (χ0n) is 15.4. The summed E-state index contributed by atoms with van der Waals surface area (Å²) in [6.07, 6.45) is 1.88. The molecule has 0 unspecified atom stereocenters. The molecule has 6 nitrogen and oxygen atoms in total. The molecule has 0 aliphatic heterocycles. The average Bonchev–Trinajstić information content (AvgIpc) is 2.48. The Labute approximate surface area is 155 Å². The summed E-state index contributed by atoms with van der Waals surface area (Å²) < 4.78 is 31.1. The first-order valence-corrected chi connectivity index (χ1v) is 10.4. The maximum atomic E-state index is 12.4. The lowest BCUT2D eigenvalue weighted by Crippen LogP contribution is -2.48. The van der Waals surface area contributed by atoms with Crippen molar-refractivity contribution in [2.75, 3.05) is 23.7 Å². The van der Waals surface area contributed by atoms with Crippen LogP contribution in [0.15, 0.2) is 18.2 Å². The second-order valence-electron chi connectivity index (χ2n) is 6.23. The van der Waals surface area contributed by atoms with Crippen LogP contribution in [0.3, 0.4) is 0 Å². The van der Waals surface area contributed by atoms with Crippen molar-refractivity contribution >= 4 is 33.2 Å². The third-order valence-corrected chi connectivity index (χ3v) is 5.03. The molecular formula is C17H27ClN2O4S. The minimum atomic E-state index is -3.66. The van der Waals surface area contributed by atoms with Gasteiger partial charge in [-0.15, -0.1) is 0 Å². The number of aryl methyl sites for hydroxylation is 1. The molecule has 0 aliphatic carbocycles. The number of sulfonamides is 1. The lowest BCUT2D eigenvalue weighted by Gasteiger charge is -2.29. The number of ether oxygens (including phenoxy) is 1. The van der Waals surface area contributed by atoms with Gasteiger partial charge in [-0.05, 0) is 51.8 Å². The number of carbonyl (C=O) groups excluding carboxylic acids is 1. The molecule has 0 fully saturated rings. The number of carbonyl (C=O) groups is 1. The van der Waals surface area contributed by atoms with E-state index in [1.165, 1.54) is 0 Å². The fourth-order valence-corrected chi connectivity index (χ4v) is 3.74. The normalized spacial score (nSPS) is 12.9. The molecule has 1 aromatic rings. The first kappa shape index (κ1) is 21.7. The summed E-state index contributed by atoms with van der Waals surface area (Å²) >= 11 is 6.00. The van der Waals surface area contributed by atoms with Gasteiger partial charge in [0, 0.05) is 18.2 Å². The molecular weight excluding hydrogens is 364 g/mol. The highest BCUT2D eigenvalue weighted by atomic mass is 35.5. The van der Waals surface area contributed by atoms with E-state index in [2.05, 4.69) is 5.32 Å². The van der Waals surface area contributed by atoms with Gasteiger partial charge < -0.3 is 10.1 Å². The Kier molecular flexibility index (Phi) is 8.18. The number of halogens is 1. The van der Waals surface area contributed by atoms with Gasteiger partial charge in [-0.2, -0.15) is 0 Å². The quantitative estimate of drug-likeness (QED) is 0.658. The van der Waals surface area contributed by atoms with Crippen molar-refractivity contribution in [3.8, 4) is 0 Å². The molecule has 0 aliphatic rings. The molecule has 0 saturated heterocycles. The molecule has 142 valence electrons. The number of rotatable bonds is 9. The van der Waals surface area contributed by atoms with Gasteiger partial charge in [-0.3, -0.25) is 9.10 Å². The zero-order valence-corrected chi connectivity index (χ0v) is 16.9. The van der Waals surface area contributed by atoms with Crippen LogP contribution in [0.25, 0.3) is 0 Å². The standard InChI is InChI=1S/C17H27ClN2O4S/c1-12(2)24-10-6-9-19-17(21)14(4)20(25(5,22)23)16-11-15(18)8-7-13(16)3/h7-8,11-12,14H,6,9-10H2,1-5H3,(H,19,21)/t14-/m0/s1. The van der Waals surface area contributed by atoms with Crippen molar-refractivity contribution in [3.05, 3.63) is 28.8 Å². The molecule has 1 amide bonds. The minimum absolute atomic E-state index is 0.140. The van der Waals surface area contributed by atoms with Gasteiger partial charge in [-0.25, -0.2) is 8.42 Å². The van der Waals surface area contributed by atoms with E-state index in [0.717, 1.165) is 16.1 Å². The highest BCUT2D eigenvalue weighted by Gasteiger charge is 2.30. The van der Waals surface area contributed by atoms with E-state index < -0.39 is 16.1 Å². The van der Waals surface area contributed by atoms with E-state index >= 15 is 0 Å².